The number of benzene rings is 1. The monoisotopic (exact) mass is 286 g/mol. The van der Waals surface area contributed by atoms with Crippen molar-refractivity contribution in [3.63, 3.8) is 0 Å². The first-order valence-electron chi connectivity index (χ1n) is 6.84. The Morgan fingerprint density at radius 1 is 1.25 bits per heavy atom. The van der Waals surface area contributed by atoms with Crippen LogP contribution in [0, 0.1) is 6.92 Å². The van der Waals surface area contributed by atoms with E-state index in [2.05, 4.69) is 56.7 Å². The molecule has 0 unspecified atom stereocenters. The van der Waals surface area contributed by atoms with E-state index in [0.717, 1.165) is 36.0 Å². The van der Waals surface area contributed by atoms with E-state index in [1.165, 1.54) is 10.9 Å². The highest BCUT2D eigenvalue weighted by atomic mass is 32.1. The van der Waals surface area contributed by atoms with Crippen molar-refractivity contribution in [1.82, 2.24) is 20.1 Å². The molecule has 104 valence electrons. The number of rotatable bonds is 5. The molecule has 4 nitrogen and oxygen atoms in total. The Morgan fingerprint density at radius 2 is 2.10 bits per heavy atom. The molecule has 0 atom stereocenters. The second-order valence-electron chi connectivity index (χ2n) is 4.77. The molecule has 0 amide bonds. The molecule has 0 radical (unpaired) electrons. The van der Waals surface area contributed by atoms with E-state index in [1.807, 2.05) is 6.92 Å². The predicted molar refractivity (Wildman–Crippen MR) is 82.8 cm³/mol. The highest BCUT2D eigenvalue weighted by Gasteiger charge is 2.08. The quantitative estimate of drug-likeness (QED) is 0.783. The summed E-state index contributed by atoms with van der Waals surface area (Å²) in [6, 6.07) is 8.39. The molecule has 1 N–H and O–H groups in total. The van der Waals surface area contributed by atoms with E-state index >= 15 is 0 Å². The normalized spacial score (nSPS) is 11.3. The van der Waals surface area contributed by atoms with Crippen molar-refractivity contribution >= 4 is 22.2 Å². The van der Waals surface area contributed by atoms with E-state index in [9.17, 15) is 0 Å². The predicted octanol–water partition coefficient (Wildman–Crippen LogP) is 3.11. The van der Waals surface area contributed by atoms with Crippen LogP contribution in [0.15, 0.2) is 29.6 Å². The first kappa shape index (κ1) is 13.3. The van der Waals surface area contributed by atoms with Gasteiger partial charge in [-0.2, -0.15) is 5.10 Å². The largest absolute Gasteiger partial charge is 0.305 e. The molecular formula is C15H18N4S. The van der Waals surface area contributed by atoms with E-state index in [1.54, 1.807) is 11.3 Å². The Balaban J connectivity index is 1.74. The van der Waals surface area contributed by atoms with Crippen LogP contribution >= 0.6 is 11.3 Å². The summed E-state index contributed by atoms with van der Waals surface area (Å²) >= 11 is 1.70. The van der Waals surface area contributed by atoms with Crippen molar-refractivity contribution in [2.24, 2.45) is 0 Å². The number of thiazole rings is 1. The fraction of sp³-hybridized carbons (Fsp3) is 0.333. The van der Waals surface area contributed by atoms with Gasteiger partial charge in [0.1, 0.15) is 5.01 Å². The Bertz CT molecular complexity index is 714. The third-order valence-electron chi connectivity index (χ3n) is 3.27. The molecule has 5 heteroatoms. The molecular weight excluding hydrogens is 268 g/mol. The van der Waals surface area contributed by atoms with E-state index in [4.69, 9.17) is 0 Å². The van der Waals surface area contributed by atoms with Gasteiger partial charge in [0.2, 0.25) is 0 Å². The molecule has 0 spiro atoms. The van der Waals surface area contributed by atoms with Crippen molar-refractivity contribution in [2.75, 3.05) is 0 Å². The van der Waals surface area contributed by atoms with Crippen molar-refractivity contribution < 1.29 is 0 Å². The van der Waals surface area contributed by atoms with Crippen LogP contribution < -0.4 is 5.32 Å². The highest BCUT2D eigenvalue weighted by molar-refractivity contribution is 7.09. The lowest BCUT2D eigenvalue weighted by molar-refractivity contribution is 0.630. The van der Waals surface area contributed by atoms with Gasteiger partial charge in [-0.05, 0) is 19.9 Å². The minimum atomic E-state index is 0.770. The van der Waals surface area contributed by atoms with Gasteiger partial charge in [-0.25, -0.2) is 4.98 Å². The average molecular weight is 286 g/mol. The van der Waals surface area contributed by atoms with Gasteiger partial charge in [0, 0.05) is 36.1 Å². The number of nitrogens with zero attached hydrogens (tertiary/aromatic N) is 3. The molecule has 0 aliphatic heterocycles. The number of aryl methyl sites for hydroxylation is 2. The van der Waals surface area contributed by atoms with Gasteiger partial charge in [0.25, 0.3) is 0 Å². The number of aromatic nitrogens is 3. The molecule has 3 aromatic rings. The van der Waals surface area contributed by atoms with Gasteiger partial charge in [-0.3, -0.25) is 4.68 Å². The molecule has 3 rings (SSSR count). The summed E-state index contributed by atoms with van der Waals surface area (Å²) in [5, 5.41) is 12.6. The lowest BCUT2D eigenvalue weighted by Crippen LogP contribution is -2.13. The van der Waals surface area contributed by atoms with E-state index in [0.29, 0.717) is 0 Å². The van der Waals surface area contributed by atoms with Crippen molar-refractivity contribution in [3.05, 3.63) is 46.0 Å². The number of nitrogens with one attached hydrogen (secondary N) is 1. The van der Waals surface area contributed by atoms with Crippen molar-refractivity contribution in [1.29, 1.82) is 0 Å². The molecule has 0 fully saturated rings. The highest BCUT2D eigenvalue weighted by Crippen LogP contribution is 2.18. The fourth-order valence-electron chi connectivity index (χ4n) is 2.34. The van der Waals surface area contributed by atoms with Gasteiger partial charge >= 0.3 is 0 Å². The Hall–Kier alpha value is -1.72. The zero-order valence-electron chi connectivity index (χ0n) is 11.8. The number of fused-ring (bicyclic) bond motifs is 1. The minimum absolute atomic E-state index is 0.770. The molecule has 2 aromatic heterocycles. The lowest BCUT2D eigenvalue weighted by atomic mass is 10.2. The van der Waals surface area contributed by atoms with E-state index in [-0.39, 0.29) is 0 Å². The first-order valence-corrected chi connectivity index (χ1v) is 7.72. The van der Waals surface area contributed by atoms with Crippen LogP contribution in [0.2, 0.25) is 0 Å². The van der Waals surface area contributed by atoms with Gasteiger partial charge in [0.15, 0.2) is 0 Å². The van der Waals surface area contributed by atoms with Gasteiger partial charge in [0.05, 0.1) is 11.2 Å². The molecule has 2 heterocycles. The zero-order chi connectivity index (χ0) is 13.9. The molecule has 0 aliphatic carbocycles. The number of hydrogen-bond acceptors (Lipinski definition) is 4. The second kappa shape index (κ2) is 5.73. The second-order valence-corrected chi connectivity index (χ2v) is 5.71. The Kier molecular flexibility index (Phi) is 3.80. The topological polar surface area (TPSA) is 42.7 Å². The maximum absolute atomic E-state index is 4.68. The van der Waals surface area contributed by atoms with Crippen molar-refractivity contribution in [3.8, 4) is 0 Å². The summed E-state index contributed by atoms with van der Waals surface area (Å²) in [5.41, 5.74) is 3.40. The maximum Gasteiger partial charge on any atom is 0.107 e. The Labute approximate surface area is 122 Å². The average Bonchev–Trinajstić information content (AvgIpc) is 3.03. The first-order chi connectivity index (χ1) is 9.78. The van der Waals surface area contributed by atoms with Crippen LogP contribution in [0.25, 0.3) is 10.9 Å². The maximum atomic E-state index is 4.68. The van der Waals surface area contributed by atoms with Crippen LogP contribution in [-0.2, 0) is 19.6 Å². The Morgan fingerprint density at radius 3 is 2.85 bits per heavy atom. The SMILES string of the molecule is CCn1nc(CNCc2nc(C)cs2)c2ccccc21. The van der Waals surface area contributed by atoms with Crippen LogP contribution in [-0.4, -0.2) is 14.8 Å². The third-order valence-corrected chi connectivity index (χ3v) is 4.24. The summed E-state index contributed by atoms with van der Waals surface area (Å²) in [7, 11) is 0. The lowest BCUT2D eigenvalue weighted by Gasteiger charge is -2.00. The molecule has 0 saturated carbocycles. The standard InChI is InChI=1S/C15H18N4S/c1-3-19-14-7-5-4-6-12(14)13(18-19)8-16-9-15-17-11(2)10-20-15/h4-7,10,16H,3,8-9H2,1-2H3. The molecule has 0 saturated heterocycles. The number of para-hydroxylation sites is 1. The van der Waals surface area contributed by atoms with Crippen LogP contribution in [0.4, 0.5) is 0 Å². The van der Waals surface area contributed by atoms with Crippen LogP contribution in [0.5, 0.6) is 0 Å². The molecule has 20 heavy (non-hydrogen) atoms. The van der Waals surface area contributed by atoms with Crippen LogP contribution in [0.1, 0.15) is 23.3 Å². The van der Waals surface area contributed by atoms with Gasteiger partial charge in [-0.15, -0.1) is 11.3 Å². The summed E-state index contributed by atoms with van der Waals surface area (Å²) < 4.78 is 2.06. The summed E-state index contributed by atoms with van der Waals surface area (Å²) in [5.74, 6) is 0. The summed E-state index contributed by atoms with van der Waals surface area (Å²) in [6.07, 6.45) is 0. The van der Waals surface area contributed by atoms with Gasteiger partial charge < -0.3 is 5.32 Å². The fourth-order valence-corrected chi connectivity index (χ4v) is 3.08. The molecule has 1 aromatic carbocycles. The summed E-state index contributed by atoms with van der Waals surface area (Å²) in [6.45, 7) is 6.61. The van der Waals surface area contributed by atoms with Crippen molar-refractivity contribution in [2.45, 2.75) is 33.5 Å². The zero-order valence-corrected chi connectivity index (χ0v) is 12.6. The smallest absolute Gasteiger partial charge is 0.107 e. The van der Waals surface area contributed by atoms with Gasteiger partial charge in [-0.1, -0.05) is 18.2 Å². The molecule has 0 aliphatic rings. The molecule has 0 bridgehead atoms. The number of hydrogen-bond donors (Lipinski definition) is 1. The summed E-state index contributed by atoms with van der Waals surface area (Å²) in [4.78, 5) is 4.46. The third kappa shape index (κ3) is 2.59. The van der Waals surface area contributed by atoms with Crippen LogP contribution in [0.3, 0.4) is 0 Å². The minimum Gasteiger partial charge on any atom is -0.305 e. The van der Waals surface area contributed by atoms with E-state index < -0.39 is 0 Å².